The zero-order valence-electron chi connectivity index (χ0n) is 14.0. The molecule has 0 amide bonds. The van der Waals surface area contributed by atoms with Crippen LogP contribution in [0.25, 0.3) is 0 Å². The molecule has 0 spiro atoms. The molecule has 0 aliphatic carbocycles. The molecule has 0 saturated carbocycles. The fourth-order valence-electron chi connectivity index (χ4n) is 3.19. The minimum atomic E-state index is 0.136. The van der Waals surface area contributed by atoms with Crippen LogP contribution >= 0.6 is 11.3 Å². The molecule has 0 aromatic carbocycles. The van der Waals surface area contributed by atoms with Crippen LogP contribution < -0.4 is 5.56 Å². The average Bonchev–Trinajstić information content (AvgIpc) is 2.94. The van der Waals surface area contributed by atoms with Gasteiger partial charge in [0.2, 0.25) is 0 Å². The van der Waals surface area contributed by atoms with Crippen LogP contribution in [0.2, 0.25) is 0 Å². The van der Waals surface area contributed by atoms with E-state index in [0.29, 0.717) is 0 Å². The summed E-state index contributed by atoms with van der Waals surface area (Å²) in [5, 5.41) is 4.37. The van der Waals surface area contributed by atoms with Gasteiger partial charge in [-0.05, 0) is 48.5 Å². The summed E-state index contributed by atoms with van der Waals surface area (Å²) in [6.07, 6.45) is 1.99. The summed E-state index contributed by atoms with van der Waals surface area (Å²) in [5.74, 6) is 0. The third-order valence-electron chi connectivity index (χ3n) is 4.51. The molecule has 0 saturated heterocycles. The van der Waals surface area contributed by atoms with Crippen LogP contribution in [0, 0.1) is 0 Å². The van der Waals surface area contributed by atoms with E-state index in [-0.39, 0.29) is 5.56 Å². The molecule has 0 atom stereocenters. The molecule has 1 aliphatic heterocycles. The fourth-order valence-corrected chi connectivity index (χ4v) is 3.85. The smallest absolute Gasteiger partial charge is 0.250 e. The minimum Gasteiger partial charge on any atom is -0.311 e. The van der Waals surface area contributed by atoms with Crippen LogP contribution in [0.4, 0.5) is 0 Å². The van der Waals surface area contributed by atoms with Gasteiger partial charge < -0.3 is 9.47 Å². The van der Waals surface area contributed by atoms with Gasteiger partial charge in [-0.2, -0.15) is 11.3 Å². The lowest BCUT2D eigenvalue weighted by Crippen LogP contribution is -2.30. The first kappa shape index (κ1) is 16.4. The topological polar surface area (TPSA) is 28.5 Å². The highest BCUT2D eigenvalue weighted by Gasteiger charge is 2.17. The molecular weight excluding hydrogens is 306 g/mol. The molecule has 0 N–H and O–H groups in total. The molecular formula is C18H25N3OS. The number of likely N-dealkylation sites (N-methyl/N-ethyl adjacent to an activating group) is 1. The number of aromatic nitrogens is 1. The standard InChI is InChI=1S/C18H25N3OS/c1-19(2)10-11-21-17-6-9-20(13-15-7-12-23-14-15)8-5-16(17)3-4-18(21)22/h3-4,7,12,14H,5-6,8-11,13H2,1-2H3. The monoisotopic (exact) mass is 331 g/mol. The Morgan fingerprint density at radius 2 is 2.00 bits per heavy atom. The second kappa shape index (κ2) is 7.43. The van der Waals surface area contributed by atoms with E-state index in [2.05, 4.69) is 40.7 Å². The number of nitrogens with zero attached hydrogens (tertiary/aromatic N) is 3. The van der Waals surface area contributed by atoms with Gasteiger partial charge >= 0.3 is 0 Å². The van der Waals surface area contributed by atoms with Gasteiger partial charge in [-0.25, -0.2) is 0 Å². The second-order valence-corrected chi connectivity index (χ2v) is 7.29. The zero-order valence-corrected chi connectivity index (χ0v) is 14.8. The molecule has 1 aliphatic rings. The lowest BCUT2D eigenvalue weighted by molar-refractivity contribution is 0.278. The van der Waals surface area contributed by atoms with Crippen molar-refractivity contribution in [3.05, 3.63) is 56.1 Å². The van der Waals surface area contributed by atoms with Crippen molar-refractivity contribution < 1.29 is 0 Å². The molecule has 5 heteroatoms. The molecule has 3 heterocycles. The van der Waals surface area contributed by atoms with Gasteiger partial charge in [-0.3, -0.25) is 9.69 Å². The van der Waals surface area contributed by atoms with Gasteiger partial charge in [0.1, 0.15) is 0 Å². The van der Waals surface area contributed by atoms with E-state index in [9.17, 15) is 4.79 Å². The third kappa shape index (κ3) is 4.10. The Kier molecular flexibility index (Phi) is 5.30. The maximum atomic E-state index is 12.3. The van der Waals surface area contributed by atoms with Crippen LogP contribution in [0.5, 0.6) is 0 Å². The van der Waals surface area contributed by atoms with E-state index < -0.39 is 0 Å². The summed E-state index contributed by atoms with van der Waals surface area (Å²) < 4.78 is 1.99. The van der Waals surface area contributed by atoms with Gasteiger partial charge in [0.25, 0.3) is 5.56 Å². The van der Waals surface area contributed by atoms with Crippen LogP contribution in [0.15, 0.2) is 33.8 Å². The van der Waals surface area contributed by atoms with Gasteiger partial charge in [0, 0.05) is 50.9 Å². The lowest BCUT2D eigenvalue weighted by atomic mass is 10.1. The Bertz CT molecular complexity index is 691. The van der Waals surface area contributed by atoms with E-state index in [1.54, 1.807) is 17.4 Å². The Labute approximate surface area is 142 Å². The van der Waals surface area contributed by atoms with Crippen LogP contribution in [0.3, 0.4) is 0 Å². The molecule has 2 aromatic heterocycles. The van der Waals surface area contributed by atoms with E-state index in [4.69, 9.17) is 0 Å². The van der Waals surface area contributed by atoms with Gasteiger partial charge in [-0.1, -0.05) is 6.07 Å². The maximum absolute atomic E-state index is 12.3. The molecule has 124 valence electrons. The van der Waals surface area contributed by atoms with Crippen molar-refractivity contribution in [3.63, 3.8) is 0 Å². The molecule has 23 heavy (non-hydrogen) atoms. The minimum absolute atomic E-state index is 0.136. The number of rotatable bonds is 5. The summed E-state index contributed by atoms with van der Waals surface area (Å²) in [7, 11) is 4.10. The van der Waals surface area contributed by atoms with Crippen molar-refractivity contribution in [1.82, 2.24) is 14.4 Å². The number of fused-ring (bicyclic) bond motifs is 1. The average molecular weight is 331 g/mol. The highest BCUT2D eigenvalue weighted by atomic mass is 32.1. The second-order valence-electron chi connectivity index (χ2n) is 6.51. The molecule has 2 aromatic rings. The molecule has 0 radical (unpaired) electrons. The Hall–Kier alpha value is -1.43. The predicted molar refractivity (Wildman–Crippen MR) is 96.3 cm³/mol. The first-order chi connectivity index (χ1) is 11.1. The van der Waals surface area contributed by atoms with Crippen molar-refractivity contribution in [2.24, 2.45) is 0 Å². The third-order valence-corrected chi connectivity index (χ3v) is 5.24. The van der Waals surface area contributed by atoms with Crippen molar-refractivity contribution in [2.75, 3.05) is 33.7 Å². The quantitative estimate of drug-likeness (QED) is 0.840. The highest BCUT2D eigenvalue weighted by Crippen LogP contribution is 2.17. The van der Waals surface area contributed by atoms with E-state index >= 15 is 0 Å². The SMILES string of the molecule is CN(C)CCn1c2c(ccc1=O)CCN(Cc1ccsc1)CC2. The predicted octanol–water partition coefficient (Wildman–Crippen LogP) is 2.07. The largest absolute Gasteiger partial charge is 0.311 e. The number of pyridine rings is 1. The first-order valence-electron chi connectivity index (χ1n) is 8.23. The summed E-state index contributed by atoms with van der Waals surface area (Å²) in [4.78, 5) is 16.9. The number of hydrogen-bond acceptors (Lipinski definition) is 4. The fraction of sp³-hybridized carbons (Fsp3) is 0.500. The van der Waals surface area contributed by atoms with Crippen molar-refractivity contribution in [1.29, 1.82) is 0 Å². The number of thiophene rings is 1. The Morgan fingerprint density at radius 1 is 1.17 bits per heavy atom. The summed E-state index contributed by atoms with van der Waals surface area (Å²) in [6, 6.07) is 5.98. The lowest BCUT2D eigenvalue weighted by Gasteiger charge is -2.19. The first-order valence-corrected chi connectivity index (χ1v) is 9.17. The van der Waals surface area contributed by atoms with Crippen LogP contribution in [-0.2, 0) is 25.9 Å². The molecule has 0 bridgehead atoms. The zero-order chi connectivity index (χ0) is 16.2. The molecule has 4 nitrogen and oxygen atoms in total. The van der Waals surface area contributed by atoms with E-state index in [1.165, 1.54) is 16.8 Å². The maximum Gasteiger partial charge on any atom is 0.250 e. The van der Waals surface area contributed by atoms with Gasteiger partial charge in [0.15, 0.2) is 0 Å². The Balaban J connectivity index is 1.76. The molecule has 0 fully saturated rings. The number of hydrogen-bond donors (Lipinski definition) is 0. The normalized spacial score (nSPS) is 15.6. The van der Waals surface area contributed by atoms with E-state index in [0.717, 1.165) is 45.6 Å². The summed E-state index contributed by atoms with van der Waals surface area (Å²) in [6.45, 7) is 4.77. The van der Waals surface area contributed by atoms with E-state index in [1.807, 2.05) is 10.6 Å². The van der Waals surface area contributed by atoms with Gasteiger partial charge in [0.05, 0.1) is 0 Å². The summed E-state index contributed by atoms with van der Waals surface area (Å²) >= 11 is 1.76. The van der Waals surface area contributed by atoms with Crippen molar-refractivity contribution >= 4 is 11.3 Å². The molecule has 3 rings (SSSR count). The van der Waals surface area contributed by atoms with Crippen molar-refractivity contribution in [3.8, 4) is 0 Å². The summed E-state index contributed by atoms with van der Waals surface area (Å²) in [5.41, 5.74) is 4.12. The van der Waals surface area contributed by atoms with Crippen LogP contribution in [0.1, 0.15) is 16.8 Å². The molecule has 0 unspecified atom stereocenters. The van der Waals surface area contributed by atoms with Crippen LogP contribution in [-0.4, -0.2) is 48.1 Å². The Morgan fingerprint density at radius 3 is 2.74 bits per heavy atom. The van der Waals surface area contributed by atoms with Gasteiger partial charge in [-0.15, -0.1) is 0 Å². The highest BCUT2D eigenvalue weighted by molar-refractivity contribution is 7.07. The van der Waals surface area contributed by atoms with Crippen molar-refractivity contribution in [2.45, 2.75) is 25.9 Å².